The maximum absolute atomic E-state index is 9.14. The van der Waals surface area contributed by atoms with Gasteiger partial charge >= 0.3 is 0 Å². The third-order valence-electron chi connectivity index (χ3n) is 4.14. The summed E-state index contributed by atoms with van der Waals surface area (Å²) < 4.78 is 5.26. The third-order valence-corrected chi connectivity index (χ3v) is 5.78. The van der Waals surface area contributed by atoms with Gasteiger partial charge < -0.3 is 0 Å². The second-order valence-electron chi connectivity index (χ2n) is 5.57. The monoisotopic (exact) mass is 361 g/mol. The van der Waals surface area contributed by atoms with Gasteiger partial charge in [0.1, 0.15) is 6.07 Å². The van der Waals surface area contributed by atoms with Crippen LogP contribution in [0.25, 0.3) is 10.6 Å². The van der Waals surface area contributed by atoms with Crippen LogP contribution in [-0.4, -0.2) is 9.36 Å². The molecular weight excluding hydrogens is 346 g/mol. The molecule has 1 fully saturated rings. The van der Waals surface area contributed by atoms with Crippen molar-refractivity contribution in [3.05, 3.63) is 33.6 Å². The van der Waals surface area contributed by atoms with Crippen molar-refractivity contribution in [3.8, 4) is 16.6 Å². The Labute approximate surface area is 137 Å². The molecule has 3 nitrogen and oxygen atoms in total. The smallest absolute Gasteiger partial charge is 0.155 e. The van der Waals surface area contributed by atoms with Crippen LogP contribution >= 0.6 is 27.5 Å². The molecule has 1 aliphatic rings. The van der Waals surface area contributed by atoms with E-state index in [0.29, 0.717) is 5.69 Å². The zero-order valence-corrected chi connectivity index (χ0v) is 14.3. The van der Waals surface area contributed by atoms with Crippen molar-refractivity contribution in [2.45, 2.75) is 39.0 Å². The minimum atomic E-state index is 0.436. The van der Waals surface area contributed by atoms with E-state index in [2.05, 4.69) is 38.3 Å². The first-order chi connectivity index (χ1) is 10.2. The van der Waals surface area contributed by atoms with Gasteiger partial charge in [-0.1, -0.05) is 25.7 Å². The Kier molecular flexibility index (Phi) is 4.37. The molecular formula is C16H16BrN3S. The minimum Gasteiger partial charge on any atom is -0.235 e. The molecule has 0 N–H and O–H groups in total. The molecule has 2 aromatic heterocycles. The summed E-state index contributed by atoms with van der Waals surface area (Å²) >= 11 is 4.86. The summed E-state index contributed by atoms with van der Waals surface area (Å²) in [6.45, 7) is 2.08. The topological polar surface area (TPSA) is 49.6 Å². The van der Waals surface area contributed by atoms with Crippen molar-refractivity contribution in [2.75, 3.05) is 0 Å². The fraction of sp³-hybridized carbons (Fsp3) is 0.438. The minimum absolute atomic E-state index is 0.436. The number of rotatable bonds is 3. The van der Waals surface area contributed by atoms with Crippen LogP contribution < -0.4 is 0 Å². The molecule has 0 bridgehead atoms. The van der Waals surface area contributed by atoms with Gasteiger partial charge in [-0.3, -0.25) is 0 Å². The van der Waals surface area contributed by atoms with Crippen molar-refractivity contribution >= 4 is 27.5 Å². The normalized spacial score (nSPS) is 15.3. The number of pyridine rings is 1. The Morgan fingerprint density at radius 1 is 1.38 bits per heavy atom. The fourth-order valence-electron chi connectivity index (χ4n) is 2.98. The number of hydrogen-bond acceptors (Lipinski definition) is 4. The molecule has 0 atom stereocenters. The highest BCUT2D eigenvalue weighted by atomic mass is 79.9. The first-order valence-electron chi connectivity index (χ1n) is 7.21. The standard InChI is InChI=1S/C16H16BrN3S/c1-10-12(8-11-4-2-3-5-11)16(21-20-10)14-7-6-13(17)15(9-18)19-14/h6-7,11H,2-5,8H2,1H3. The predicted octanol–water partition coefficient (Wildman–Crippen LogP) is 4.88. The number of aromatic nitrogens is 2. The number of nitrogens with zero attached hydrogens (tertiary/aromatic N) is 3. The molecule has 108 valence electrons. The van der Waals surface area contributed by atoms with Crippen molar-refractivity contribution < 1.29 is 0 Å². The highest BCUT2D eigenvalue weighted by Gasteiger charge is 2.21. The van der Waals surface area contributed by atoms with Gasteiger partial charge in [0.25, 0.3) is 0 Å². The lowest BCUT2D eigenvalue weighted by Gasteiger charge is -2.10. The lowest BCUT2D eigenvalue weighted by Crippen LogP contribution is -2.01. The van der Waals surface area contributed by atoms with E-state index in [0.717, 1.165) is 33.1 Å². The maximum atomic E-state index is 9.14. The summed E-state index contributed by atoms with van der Waals surface area (Å²) in [6, 6.07) is 6.00. The molecule has 0 unspecified atom stereocenters. The molecule has 0 saturated heterocycles. The van der Waals surface area contributed by atoms with Gasteiger partial charge in [-0.05, 0) is 64.4 Å². The first-order valence-corrected chi connectivity index (χ1v) is 8.78. The van der Waals surface area contributed by atoms with Crippen molar-refractivity contribution in [2.24, 2.45) is 5.92 Å². The van der Waals surface area contributed by atoms with Crippen LogP contribution in [0, 0.1) is 24.2 Å². The lowest BCUT2D eigenvalue weighted by molar-refractivity contribution is 0.546. The van der Waals surface area contributed by atoms with Gasteiger partial charge in [-0.15, -0.1) is 0 Å². The van der Waals surface area contributed by atoms with E-state index < -0.39 is 0 Å². The van der Waals surface area contributed by atoms with Crippen molar-refractivity contribution in [1.29, 1.82) is 5.26 Å². The first kappa shape index (κ1) is 14.7. The van der Waals surface area contributed by atoms with Crippen LogP contribution in [0.1, 0.15) is 42.6 Å². The molecule has 21 heavy (non-hydrogen) atoms. The van der Waals surface area contributed by atoms with E-state index >= 15 is 0 Å². The van der Waals surface area contributed by atoms with Crippen LogP contribution in [0.2, 0.25) is 0 Å². The lowest BCUT2D eigenvalue weighted by atomic mass is 9.96. The summed E-state index contributed by atoms with van der Waals surface area (Å²) in [5, 5.41) is 9.14. The summed E-state index contributed by atoms with van der Waals surface area (Å²) in [4.78, 5) is 5.60. The average molecular weight is 362 g/mol. The van der Waals surface area contributed by atoms with E-state index in [1.807, 2.05) is 12.1 Å². The van der Waals surface area contributed by atoms with E-state index in [9.17, 15) is 0 Å². The molecule has 0 aromatic carbocycles. The van der Waals surface area contributed by atoms with Gasteiger partial charge in [-0.25, -0.2) is 4.98 Å². The molecule has 0 amide bonds. The molecule has 2 aromatic rings. The molecule has 2 heterocycles. The maximum Gasteiger partial charge on any atom is 0.155 e. The Bertz CT molecular complexity index is 696. The average Bonchev–Trinajstić information content (AvgIpc) is 3.12. The Hall–Kier alpha value is -1.25. The van der Waals surface area contributed by atoms with E-state index in [-0.39, 0.29) is 0 Å². The Balaban J connectivity index is 1.97. The number of hydrogen-bond donors (Lipinski definition) is 0. The Morgan fingerprint density at radius 2 is 2.14 bits per heavy atom. The number of aryl methyl sites for hydroxylation is 1. The highest BCUT2D eigenvalue weighted by Crippen LogP contribution is 2.35. The summed E-state index contributed by atoms with van der Waals surface area (Å²) in [5.74, 6) is 0.782. The van der Waals surface area contributed by atoms with Gasteiger partial charge in [-0.2, -0.15) is 9.64 Å². The SMILES string of the molecule is Cc1nsc(-c2ccc(Br)c(C#N)n2)c1CC1CCCC1. The van der Waals surface area contributed by atoms with Gasteiger partial charge in [0.05, 0.1) is 20.7 Å². The number of halogens is 1. The zero-order valence-electron chi connectivity index (χ0n) is 11.9. The summed E-state index contributed by atoms with van der Waals surface area (Å²) in [5.41, 5.74) is 3.74. The van der Waals surface area contributed by atoms with Crippen molar-refractivity contribution in [3.63, 3.8) is 0 Å². The summed E-state index contributed by atoms with van der Waals surface area (Å²) in [6.07, 6.45) is 6.45. The van der Waals surface area contributed by atoms with Crippen LogP contribution in [0.15, 0.2) is 16.6 Å². The Morgan fingerprint density at radius 3 is 2.86 bits per heavy atom. The zero-order chi connectivity index (χ0) is 14.8. The van der Waals surface area contributed by atoms with E-state index in [1.165, 1.54) is 42.8 Å². The number of nitriles is 1. The highest BCUT2D eigenvalue weighted by molar-refractivity contribution is 9.10. The van der Waals surface area contributed by atoms with Crippen LogP contribution in [0.3, 0.4) is 0 Å². The van der Waals surface area contributed by atoms with Crippen LogP contribution in [0.5, 0.6) is 0 Å². The molecule has 0 radical (unpaired) electrons. The summed E-state index contributed by atoms with van der Waals surface area (Å²) in [7, 11) is 0. The van der Waals surface area contributed by atoms with Crippen LogP contribution in [-0.2, 0) is 6.42 Å². The van der Waals surface area contributed by atoms with Crippen LogP contribution in [0.4, 0.5) is 0 Å². The quantitative estimate of drug-likeness (QED) is 0.782. The molecule has 5 heteroatoms. The molecule has 0 spiro atoms. The third kappa shape index (κ3) is 3.02. The molecule has 0 aliphatic heterocycles. The predicted molar refractivity (Wildman–Crippen MR) is 88.2 cm³/mol. The second-order valence-corrected chi connectivity index (χ2v) is 7.20. The van der Waals surface area contributed by atoms with Gasteiger partial charge in [0.15, 0.2) is 5.69 Å². The molecule has 3 rings (SSSR count). The fourth-order valence-corrected chi connectivity index (χ4v) is 4.18. The van der Waals surface area contributed by atoms with Gasteiger partial charge in [0.2, 0.25) is 0 Å². The van der Waals surface area contributed by atoms with E-state index in [4.69, 9.17) is 5.26 Å². The molecule has 1 aliphatic carbocycles. The van der Waals surface area contributed by atoms with Crippen molar-refractivity contribution in [1.82, 2.24) is 9.36 Å². The molecule has 1 saturated carbocycles. The van der Waals surface area contributed by atoms with Gasteiger partial charge in [0, 0.05) is 0 Å². The largest absolute Gasteiger partial charge is 0.235 e. The second kappa shape index (κ2) is 6.25. The van der Waals surface area contributed by atoms with E-state index in [1.54, 1.807) is 0 Å².